The van der Waals surface area contributed by atoms with Gasteiger partial charge < -0.3 is 10.1 Å². The average molecular weight is 519 g/mol. The fourth-order valence-corrected chi connectivity index (χ4v) is 3.62. The van der Waals surface area contributed by atoms with Gasteiger partial charge in [0.1, 0.15) is 18.3 Å². The van der Waals surface area contributed by atoms with E-state index in [2.05, 4.69) is 10.4 Å². The van der Waals surface area contributed by atoms with Gasteiger partial charge in [0.25, 0.3) is 11.5 Å². The molecule has 0 saturated carbocycles. The molecule has 2 aromatic carbocycles. The van der Waals surface area contributed by atoms with Gasteiger partial charge in [-0.15, -0.1) is 0 Å². The fourth-order valence-electron chi connectivity index (χ4n) is 3.19. The molecule has 1 heterocycles. The maximum Gasteiger partial charge on any atom is 0.352 e. The molecule has 0 aliphatic rings. The minimum atomic E-state index is -0.865. The normalized spacial score (nSPS) is 11.2. The van der Waals surface area contributed by atoms with Gasteiger partial charge >= 0.3 is 11.7 Å². The topological polar surface area (TPSA) is 112 Å². The molecule has 1 amide bonds. The molecule has 1 aromatic heterocycles. The number of hydrogen-bond donors (Lipinski definition) is 1. The minimum absolute atomic E-state index is 0.113. The summed E-state index contributed by atoms with van der Waals surface area (Å²) in [4.78, 5) is 50.0. The van der Waals surface area contributed by atoms with E-state index in [9.17, 15) is 19.2 Å². The van der Waals surface area contributed by atoms with Gasteiger partial charge in [0.2, 0.25) is 0 Å². The van der Waals surface area contributed by atoms with Crippen LogP contribution in [0.15, 0.2) is 58.3 Å². The van der Waals surface area contributed by atoms with Crippen LogP contribution in [0.3, 0.4) is 0 Å². The Morgan fingerprint density at radius 2 is 1.77 bits per heavy atom. The average Bonchev–Trinajstić information content (AvgIpc) is 2.77. The Balaban J connectivity index is 1.83. The first-order valence-electron chi connectivity index (χ1n) is 10.7. The molecule has 0 radical (unpaired) electrons. The molecule has 0 spiro atoms. The zero-order valence-corrected chi connectivity index (χ0v) is 20.9. The SMILES string of the molecule is CC(C)(C)OC(=O)Cn1c(=O)cnn(-c2ccc(Cl)c(C(=O)NCCc3ccccc3Cl)c2)c1=O. The third-order valence-corrected chi connectivity index (χ3v) is 5.44. The second-order valence-corrected chi connectivity index (χ2v) is 9.43. The molecule has 3 aromatic rings. The van der Waals surface area contributed by atoms with Crippen molar-refractivity contribution in [1.82, 2.24) is 19.7 Å². The maximum absolute atomic E-state index is 12.9. The van der Waals surface area contributed by atoms with E-state index >= 15 is 0 Å². The van der Waals surface area contributed by atoms with Gasteiger partial charge in [-0.1, -0.05) is 41.4 Å². The number of carbonyl (C=O) groups is 2. The number of aromatic nitrogens is 3. The smallest absolute Gasteiger partial charge is 0.352 e. The summed E-state index contributed by atoms with van der Waals surface area (Å²) in [6, 6.07) is 11.6. The van der Waals surface area contributed by atoms with Crippen LogP contribution in [0, 0.1) is 0 Å². The maximum atomic E-state index is 12.9. The number of carbonyl (C=O) groups excluding carboxylic acids is 2. The quantitative estimate of drug-likeness (QED) is 0.481. The highest BCUT2D eigenvalue weighted by Gasteiger charge is 2.20. The van der Waals surface area contributed by atoms with Crippen LogP contribution in [0.1, 0.15) is 36.7 Å². The van der Waals surface area contributed by atoms with Crippen LogP contribution in [0.4, 0.5) is 0 Å². The van der Waals surface area contributed by atoms with E-state index < -0.39 is 35.3 Å². The number of rotatable bonds is 7. The Labute approximate surface area is 211 Å². The summed E-state index contributed by atoms with van der Waals surface area (Å²) in [6.45, 7) is 4.75. The predicted octanol–water partition coefficient (Wildman–Crippen LogP) is 3.02. The van der Waals surface area contributed by atoms with Crippen molar-refractivity contribution in [2.75, 3.05) is 6.54 Å². The standard InChI is InChI=1S/C24H24Cl2N4O5/c1-24(2,3)35-21(32)14-29-20(31)13-28-30(23(29)34)16-8-9-19(26)17(12-16)22(33)27-11-10-15-6-4-5-7-18(15)25/h4-9,12-13H,10-11,14H2,1-3H3,(H,27,33). The lowest BCUT2D eigenvalue weighted by molar-refractivity contribution is -0.155. The van der Waals surface area contributed by atoms with Gasteiger partial charge in [-0.2, -0.15) is 9.78 Å². The zero-order valence-electron chi connectivity index (χ0n) is 19.4. The van der Waals surface area contributed by atoms with Crippen molar-refractivity contribution in [3.63, 3.8) is 0 Å². The van der Waals surface area contributed by atoms with Crippen LogP contribution in [-0.4, -0.2) is 38.4 Å². The van der Waals surface area contributed by atoms with E-state index in [0.29, 0.717) is 22.6 Å². The van der Waals surface area contributed by atoms with E-state index in [-0.39, 0.29) is 16.3 Å². The summed E-state index contributed by atoms with van der Waals surface area (Å²) >= 11 is 12.4. The van der Waals surface area contributed by atoms with Crippen LogP contribution >= 0.6 is 23.2 Å². The van der Waals surface area contributed by atoms with Crippen LogP contribution in [0.5, 0.6) is 0 Å². The summed E-state index contributed by atoms with van der Waals surface area (Å²) in [6.07, 6.45) is 1.42. The molecule has 184 valence electrons. The number of esters is 1. The molecule has 0 fully saturated rings. The van der Waals surface area contributed by atoms with Crippen LogP contribution in [-0.2, 0) is 22.5 Å². The van der Waals surface area contributed by atoms with Crippen molar-refractivity contribution in [3.05, 3.63) is 90.7 Å². The first-order valence-corrected chi connectivity index (χ1v) is 11.4. The Bertz CT molecular complexity index is 1380. The summed E-state index contributed by atoms with van der Waals surface area (Å²) in [5.74, 6) is -1.21. The van der Waals surface area contributed by atoms with Crippen molar-refractivity contribution < 1.29 is 14.3 Å². The second-order valence-electron chi connectivity index (χ2n) is 8.61. The van der Waals surface area contributed by atoms with Crippen molar-refractivity contribution in [3.8, 4) is 5.69 Å². The molecule has 9 nitrogen and oxygen atoms in total. The molecular formula is C24H24Cl2N4O5. The van der Waals surface area contributed by atoms with Gasteiger partial charge in [-0.3, -0.25) is 14.4 Å². The van der Waals surface area contributed by atoms with E-state index in [4.69, 9.17) is 27.9 Å². The van der Waals surface area contributed by atoms with Crippen LogP contribution < -0.4 is 16.6 Å². The van der Waals surface area contributed by atoms with Crippen LogP contribution in [0.25, 0.3) is 5.69 Å². The minimum Gasteiger partial charge on any atom is -0.459 e. The van der Waals surface area contributed by atoms with Crippen molar-refractivity contribution >= 4 is 35.1 Å². The molecule has 0 saturated heterocycles. The molecule has 1 N–H and O–H groups in total. The molecule has 11 heteroatoms. The van der Waals surface area contributed by atoms with Crippen molar-refractivity contribution in [2.45, 2.75) is 39.3 Å². The Morgan fingerprint density at radius 3 is 2.46 bits per heavy atom. The lowest BCUT2D eigenvalue weighted by Gasteiger charge is -2.19. The van der Waals surface area contributed by atoms with Crippen molar-refractivity contribution in [1.29, 1.82) is 0 Å². The Kier molecular flexibility index (Phi) is 8.14. The lowest BCUT2D eigenvalue weighted by atomic mass is 10.1. The largest absolute Gasteiger partial charge is 0.459 e. The number of nitrogens with one attached hydrogen (secondary N) is 1. The summed E-state index contributed by atoms with van der Waals surface area (Å²) in [5, 5.41) is 7.40. The third kappa shape index (κ3) is 6.80. The summed E-state index contributed by atoms with van der Waals surface area (Å²) in [7, 11) is 0. The van der Waals surface area contributed by atoms with Gasteiger partial charge in [0, 0.05) is 11.6 Å². The van der Waals surface area contributed by atoms with E-state index in [1.807, 2.05) is 18.2 Å². The highest BCUT2D eigenvalue weighted by atomic mass is 35.5. The molecule has 0 aliphatic carbocycles. The third-order valence-electron chi connectivity index (χ3n) is 4.75. The van der Waals surface area contributed by atoms with E-state index in [1.54, 1.807) is 26.8 Å². The molecule has 0 bridgehead atoms. The molecule has 0 aliphatic heterocycles. The number of amides is 1. The summed E-state index contributed by atoms with van der Waals surface area (Å²) in [5.41, 5.74) is -1.22. The van der Waals surface area contributed by atoms with Gasteiger partial charge in [-0.05, 0) is 57.0 Å². The number of hydrogen-bond acceptors (Lipinski definition) is 6. The van der Waals surface area contributed by atoms with Gasteiger partial charge in [0.05, 0.1) is 16.3 Å². The van der Waals surface area contributed by atoms with Gasteiger partial charge in [0.15, 0.2) is 0 Å². The summed E-state index contributed by atoms with van der Waals surface area (Å²) < 4.78 is 6.81. The molecule has 0 atom stereocenters. The van der Waals surface area contributed by atoms with E-state index in [1.165, 1.54) is 18.2 Å². The fraction of sp³-hybridized carbons (Fsp3) is 0.292. The highest BCUT2D eigenvalue weighted by Crippen LogP contribution is 2.19. The molecule has 0 unspecified atom stereocenters. The van der Waals surface area contributed by atoms with Crippen molar-refractivity contribution in [2.24, 2.45) is 0 Å². The monoisotopic (exact) mass is 518 g/mol. The number of benzene rings is 2. The highest BCUT2D eigenvalue weighted by molar-refractivity contribution is 6.34. The number of halogens is 2. The first-order chi connectivity index (χ1) is 16.5. The van der Waals surface area contributed by atoms with Gasteiger partial charge in [-0.25, -0.2) is 9.36 Å². The van der Waals surface area contributed by atoms with Crippen LogP contribution in [0.2, 0.25) is 10.0 Å². The Morgan fingerprint density at radius 1 is 1.06 bits per heavy atom. The van der Waals surface area contributed by atoms with E-state index in [0.717, 1.165) is 16.4 Å². The number of nitrogens with zero attached hydrogens (tertiary/aromatic N) is 3. The Hall–Kier alpha value is -3.43. The first kappa shape index (κ1) is 26.2. The molecule has 3 rings (SSSR count). The zero-order chi connectivity index (χ0) is 25.8. The second kappa shape index (κ2) is 10.9. The number of ether oxygens (including phenoxy) is 1. The molecular weight excluding hydrogens is 495 g/mol. The predicted molar refractivity (Wildman–Crippen MR) is 132 cm³/mol. The molecule has 35 heavy (non-hydrogen) atoms. The lowest BCUT2D eigenvalue weighted by Crippen LogP contribution is -2.43.